The molecule has 1 fully saturated rings. The molecule has 0 saturated carbocycles. The summed E-state index contributed by atoms with van der Waals surface area (Å²) >= 11 is 1.25. The second-order valence-electron chi connectivity index (χ2n) is 9.48. The van der Waals surface area contributed by atoms with Crippen molar-refractivity contribution < 1.29 is 4.74 Å². The number of aliphatic imine (C=N–C) groups is 1. The summed E-state index contributed by atoms with van der Waals surface area (Å²) in [7, 11) is 0. The molecule has 1 aliphatic heterocycles. The van der Waals surface area contributed by atoms with Crippen LogP contribution < -0.4 is 22.9 Å². The summed E-state index contributed by atoms with van der Waals surface area (Å²) in [5.74, 6) is 1.76. The molecule has 0 aromatic carbocycles. The maximum atomic E-state index is 6.15. The molecule has 0 amide bonds. The highest BCUT2D eigenvalue weighted by Gasteiger charge is 2.32. The van der Waals surface area contributed by atoms with E-state index in [1.807, 2.05) is 25.2 Å². The highest BCUT2D eigenvalue weighted by molar-refractivity contribution is 7.19. The molecule has 2 heterocycles. The summed E-state index contributed by atoms with van der Waals surface area (Å²) in [4.78, 5) is 11.0. The Bertz CT molecular complexity index is 1090. The molecule has 1 aliphatic rings. The van der Waals surface area contributed by atoms with Gasteiger partial charge < -0.3 is 32.6 Å². The van der Waals surface area contributed by atoms with Gasteiger partial charge in [0, 0.05) is 24.6 Å². The summed E-state index contributed by atoms with van der Waals surface area (Å²) < 4.78 is 6.05. The van der Waals surface area contributed by atoms with Gasteiger partial charge in [-0.25, -0.2) is 9.98 Å². The lowest BCUT2D eigenvalue weighted by atomic mass is 9.79. The molecule has 8 nitrogen and oxygen atoms in total. The van der Waals surface area contributed by atoms with Crippen LogP contribution in [0.4, 0.5) is 10.1 Å². The van der Waals surface area contributed by atoms with Gasteiger partial charge in [0.2, 0.25) is 0 Å². The number of nitrogens with two attached hydrogens (primary N) is 4. The molecule has 8 N–H and O–H groups in total. The number of amidine groups is 1. The average molecular weight is 498 g/mol. The molecule has 1 aromatic rings. The fourth-order valence-corrected chi connectivity index (χ4v) is 4.30. The Morgan fingerprint density at radius 3 is 2.54 bits per heavy atom. The highest BCUT2D eigenvalue weighted by atomic mass is 32.1. The molecule has 1 aromatic heterocycles. The van der Waals surface area contributed by atoms with Crippen molar-refractivity contribution in [1.29, 1.82) is 0 Å². The Morgan fingerprint density at radius 1 is 1.34 bits per heavy atom. The minimum atomic E-state index is -0.102. The van der Waals surface area contributed by atoms with Crippen molar-refractivity contribution in [2.75, 3.05) is 37.7 Å². The second-order valence-corrected chi connectivity index (χ2v) is 10.5. The van der Waals surface area contributed by atoms with Crippen LogP contribution in [0.2, 0.25) is 0 Å². The lowest BCUT2D eigenvalue weighted by molar-refractivity contribution is 0.212. The topological polar surface area (TPSA) is 142 Å². The van der Waals surface area contributed by atoms with Gasteiger partial charge in [0.15, 0.2) is 5.13 Å². The third-order valence-electron chi connectivity index (χ3n) is 5.67. The first-order valence-electron chi connectivity index (χ1n) is 11.4. The van der Waals surface area contributed by atoms with E-state index < -0.39 is 0 Å². The quantitative estimate of drug-likeness (QED) is 0.253. The van der Waals surface area contributed by atoms with Crippen LogP contribution in [0.15, 0.2) is 71.3 Å². The summed E-state index contributed by atoms with van der Waals surface area (Å²) in [6, 6.07) is 0. The SMILES string of the molecule is C=CC(=C\c1nc(N)sc1N)/C(C)=C/C=C1/OCCN(/C(=N/C(=C)N)C(CN)C(C)(C)C)CC1=C. The molecule has 2 rings (SSSR count). The predicted molar refractivity (Wildman–Crippen MR) is 150 cm³/mol. The minimum Gasteiger partial charge on any atom is -0.491 e. The van der Waals surface area contributed by atoms with E-state index in [-0.39, 0.29) is 17.2 Å². The van der Waals surface area contributed by atoms with Gasteiger partial charge >= 0.3 is 0 Å². The number of nitrogens with zero attached hydrogens (tertiary/aromatic N) is 3. The molecular weight excluding hydrogens is 458 g/mol. The van der Waals surface area contributed by atoms with Crippen molar-refractivity contribution in [3.05, 3.63) is 72.0 Å². The molecule has 1 unspecified atom stereocenters. The fourth-order valence-electron chi connectivity index (χ4n) is 3.72. The first-order valence-corrected chi connectivity index (χ1v) is 12.2. The Morgan fingerprint density at radius 2 is 2.03 bits per heavy atom. The molecule has 0 aliphatic carbocycles. The van der Waals surface area contributed by atoms with E-state index >= 15 is 0 Å². The van der Waals surface area contributed by atoms with E-state index in [1.165, 1.54) is 11.3 Å². The van der Waals surface area contributed by atoms with Crippen molar-refractivity contribution in [3.63, 3.8) is 0 Å². The predicted octanol–water partition coefficient (Wildman–Crippen LogP) is 4.04. The smallest absolute Gasteiger partial charge is 0.182 e. The van der Waals surface area contributed by atoms with Gasteiger partial charge in [-0.2, -0.15) is 0 Å². The van der Waals surface area contributed by atoms with Gasteiger partial charge in [-0.05, 0) is 35.6 Å². The summed E-state index contributed by atoms with van der Waals surface area (Å²) in [6.45, 7) is 22.4. The van der Waals surface area contributed by atoms with E-state index in [9.17, 15) is 0 Å². The van der Waals surface area contributed by atoms with E-state index in [0.717, 1.165) is 22.6 Å². The third kappa shape index (κ3) is 7.60. The van der Waals surface area contributed by atoms with Crippen LogP contribution >= 0.6 is 11.3 Å². The number of hydrogen-bond acceptors (Lipinski definition) is 8. The summed E-state index contributed by atoms with van der Waals surface area (Å²) in [6.07, 6.45) is 7.50. The first kappa shape index (κ1) is 27.9. The molecule has 35 heavy (non-hydrogen) atoms. The Hall–Kier alpha value is -3.30. The number of hydrogen-bond donors (Lipinski definition) is 4. The number of aromatic nitrogens is 1. The molecule has 190 valence electrons. The molecular formula is C26H39N7OS. The standard InChI is InChI=1S/C26H39N7OS/c1-8-19(13-21-23(29)35-25(30)32-21)16(2)9-10-22-17(3)15-33(11-12-34-22)24(31-18(4)28)20(14-27)26(5,6)7/h8-10,13,20H,1,3-4,11-12,14-15,27-29H2,2,5-7H3,(H2,30,32)/b16-9+,19-13+,22-10+,31-24+. The maximum Gasteiger partial charge on any atom is 0.182 e. The van der Waals surface area contributed by atoms with Crippen LogP contribution in [0.1, 0.15) is 33.4 Å². The zero-order valence-electron chi connectivity index (χ0n) is 21.3. The van der Waals surface area contributed by atoms with Gasteiger partial charge in [-0.15, -0.1) is 0 Å². The Kier molecular flexibility index (Phi) is 9.50. The number of allylic oxidation sites excluding steroid dienone is 5. The second kappa shape index (κ2) is 11.9. The third-order valence-corrected chi connectivity index (χ3v) is 6.40. The zero-order chi connectivity index (χ0) is 26.3. The number of anilines is 2. The van der Waals surface area contributed by atoms with Gasteiger partial charge in [0.25, 0.3) is 0 Å². The largest absolute Gasteiger partial charge is 0.491 e. The number of ether oxygens (including phenoxy) is 1. The lowest BCUT2D eigenvalue weighted by Crippen LogP contribution is -2.46. The summed E-state index contributed by atoms with van der Waals surface area (Å²) in [5.41, 5.74) is 27.0. The van der Waals surface area contributed by atoms with Crippen molar-refractivity contribution in [2.45, 2.75) is 27.7 Å². The van der Waals surface area contributed by atoms with Gasteiger partial charge in [-0.1, -0.05) is 64.0 Å². The van der Waals surface area contributed by atoms with Crippen molar-refractivity contribution in [2.24, 2.45) is 27.8 Å². The lowest BCUT2D eigenvalue weighted by Gasteiger charge is -2.36. The molecule has 0 radical (unpaired) electrons. The minimum absolute atomic E-state index is 0.00394. The van der Waals surface area contributed by atoms with E-state index in [1.54, 1.807) is 6.08 Å². The normalized spacial score (nSPS) is 18.3. The van der Waals surface area contributed by atoms with Crippen LogP contribution in [0.3, 0.4) is 0 Å². The monoisotopic (exact) mass is 497 g/mol. The van der Waals surface area contributed by atoms with E-state index in [4.69, 9.17) is 27.7 Å². The molecule has 1 atom stereocenters. The zero-order valence-corrected chi connectivity index (χ0v) is 22.1. The van der Waals surface area contributed by atoms with Crippen LogP contribution in [0.5, 0.6) is 0 Å². The molecule has 0 bridgehead atoms. The van der Waals surface area contributed by atoms with Gasteiger partial charge in [0.1, 0.15) is 34.7 Å². The van der Waals surface area contributed by atoms with Crippen molar-refractivity contribution >= 4 is 33.4 Å². The van der Waals surface area contributed by atoms with E-state index in [2.05, 4.69) is 55.4 Å². The molecule has 0 spiro atoms. The van der Waals surface area contributed by atoms with Gasteiger partial charge in [-0.3, -0.25) is 0 Å². The van der Waals surface area contributed by atoms with Crippen molar-refractivity contribution in [3.8, 4) is 0 Å². The Labute approximate surface area is 213 Å². The van der Waals surface area contributed by atoms with Crippen LogP contribution in [-0.4, -0.2) is 42.0 Å². The average Bonchev–Trinajstić information content (AvgIpc) is 2.95. The first-order chi connectivity index (χ1) is 16.4. The number of thiazole rings is 1. The van der Waals surface area contributed by atoms with Gasteiger partial charge in [0.05, 0.1) is 6.54 Å². The number of nitrogen functional groups attached to an aromatic ring is 2. The van der Waals surface area contributed by atoms with E-state index in [0.29, 0.717) is 47.8 Å². The highest BCUT2D eigenvalue weighted by Crippen LogP contribution is 2.30. The van der Waals surface area contributed by atoms with Crippen LogP contribution in [-0.2, 0) is 4.74 Å². The maximum absolute atomic E-state index is 6.15. The molecule has 1 saturated heterocycles. The number of rotatable bonds is 7. The Balaban J connectivity index is 2.31. The fraction of sp³-hybridized carbons (Fsp3) is 0.385. The van der Waals surface area contributed by atoms with Crippen LogP contribution in [0, 0.1) is 11.3 Å². The summed E-state index contributed by atoms with van der Waals surface area (Å²) in [5, 5.41) is 0.996. The molecule has 9 heteroatoms. The van der Waals surface area contributed by atoms with Crippen molar-refractivity contribution in [1.82, 2.24) is 9.88 Å². The van der Waals surface area contributed by atoms with Crippen LogP contribution in [0.25, 0.3) is 6.08 Å².